The molecule has 1 aromatic carbocycles. The van der Waals surface area contributed by atoms with E-state index in [0.29, 0.717) is 5.39 Å². The van der Waals surface area contributed by atoms with Gasteiger partial charge in [0, 0.05) is 11.5 Å². The molecule has 0 saturated carbocycles. The van der Waals surface area contributed by atoms with Crippen LogP contribution < -0.4 is 11.3 Å². The van der Waals surface area contributed by atoms with Crippen LogP contribution in [-0.2, 0) is 0 Å². The smallest absolute Gasteiger partial charge is 0.407 e. The number of rotatable bonds is 1. The van der Waals surface area contributed by atoms with Gasteiger partial charge < -0.3 is 9.40 Å². The maximum atomic E-state index is 11.7. The van der Waals surface area contributed by atoms with Crippen LogP contribution in [0, 0.1) is 10.1 Å². The van der Waals surface area contributed by atoms with Crippen molar-refractivity contribution in [2.45, 2.75) is 0 Å². The molecule has 2 heterocycles. The molecule has 9 heteroatoms. The fourth-order valence-electron chi connectivity index (χ4n) is 1.86. The first-order valence-electron chi connectivity index (χ1n) is 5.00. The molecule has 0 aliphatic carbocycles. The molecule has 19 heavy (non-hydrogen) atoms. The maximum absolute atomic E-state index is 11.7. The molecule has 0 radical (unpaired) electrons. The number of aromatic amines is 2. The molecule has 3 rings (SSSR count). The predicted molar refractivity (Wildman–Crippen MR) is 66.6 cm³/mol. The van der Waals surface area contributed by atoms with E-state index >= 15 is 0 Å². The fraction of sp³-hybridized carbons (Fsp3) is 0. The van der Waals surface area contributed by atoms with Crippen molar-refractivity contribution in [3.05, 3.63) is 48.2 Å². The minimum absolute atomic E-state index is 0.0144. The summed E-state index contributed by atoms with van der Waals surface area (Å²) in [5, 5.41) is 11.0. The van der Waals surface area contributed by atoms with Gasteiger partial charge in [-0.2, -0.15) is 0 Å². The van der Waals surface area contributed by atoms with Crippen LogP contribution in [0.2, 0.25) is 5.02 Å². The number of aromatic nitrogens is 2. The molecule has 0 aliphatic rings. The van der Waals surface area contributed by atoms with E-state index in [0.717, 1.165) is 6.07 Å². The highest BCUT2D eigenvalue weighted by atomic mass is 35.5. The molecule has 0 amide bonds. The van der Waals surface area contributed by atoms with Crippen LogP contribution in [-0.4, -0.2) is 14.9 Å². The van der Waals surface area contributed by atoms with Gasteiger partial charge in [-0.05, 0) is 6.07 Å². The third-order valence-corrected chi connectivity index (χ3v) is 2.96. The van der Waals surface area contributed by atoms with E-state index in [2.05, 4.69) is 9.97 Å². The van der Waals surface area contributed by atoms with Crippen molar-refractivity contribution < 1.29 is 9.34 Å². The summed E-state index contributed by atoms with van der Waals surface area (Å²) in [6.07, 6.45) is 0. The molecule has 3 aromatic rings. The third kappa shape index (κ3) is 1.61. The molecule has 0 unspecified atom stereocenters. The highest BCUT2D eigenvalue weighted by molar-refractivity contribution is 6.33. The molecule has 96 valence electrons. The monoisotopic (exact) mass is 281 g/mol. The zero-order valence-electron chi connectivity index (χ0n) is 9.02. The van der Waals surface area contributed by atoms with Crippen molar-refractivity contribution in [3.63, 3.8) is 0 Å². The average Bonchev–Trinajstić information content (AvgIpc) is 2.72. The molecule has 0 aliphatic heterocycles. The van der Waals surface area contributed by atoms with E-state index in [1.165, 1.54) is 6.07 Å². The Bertz CT molecular complexity index is 951. The molecule has 0 atom stereocenters. The SMILES string of the molecule is O=c1[nH]c2c(=O)[nH]c3cc([N+](=O)[O-])c(Cl)cc3c2o1. The number of nitro groups is 1. The minimum atomic E-state index is -0.789. The zero-order valence-corrected chi connectivity index (χ0v) is 9.78. The largest absolute Gasteiger partial charge is 0.417 e. The van der Waals surface area contributed by atoms with Crippen molar-refractivity contribution in [2.75, 3.05) is 0 Å². The first-order valence-corrected chi connectivity index (χ1v) is 5.38. The lowest BCUT2D eigenvalue weighted by Gasteiger charge is -2.00. The van der Waals surface area contributed by atoms with Gasteiger partial charge in [-0.25, -0.2) is 4.79 Å². The molecular formula is C10H4ClN3O5. The molecular weight excluding hydrogens is 278 g/mol. The second kappa shape index (κ2) is 3.69. The fourth-order valence-corrected chi connectivity index (χ4v) is 2.09. The summed E-state index contributed by atoms with van der Waals surface area (Å²) < 4.78 is 4.86. The van der Waals surface area contributed by atoms with Gasteiger partial charge in [0.05, 0.1) is 10.4 Å². The number of oxazole rings is 1. The lowest BCUT2D eigenvalue weighted by molar-refractivity contribution is -0.384. The van der Waals surface area contributed by atoms with Crippen LogP contribution in [0.1, 0.15) is 0 Å². The molecule has 0 spiro atoms. The van der Waals surface area contributed by atoms with Crippen LogP contribution in [0.3, 0.4) is 0 Å². The first kappa shape index (κ1) is 11.5. The summed E-state index contributed by atoms with van der Waals surface area (Å²) in [6, 6.07) is 2.38. The Hall–Kier alpha value is -2.61. The summed E-state index contributed by atoms with van der Waals surface area (Å²) >= 11 is 5.78. The van der Waals surface area contributed by atoms with E-state index in [4.69, 9.17) is 16.0 Å². The lowest BCUT2D eigenvalue weighted by Crippen LogP contribution is -2.07. The standard InChI is InChI=1S/C10H4ClN3O5/c11-4-1-3-5(2-6(4)14(17)18)12-9(15)7-8(3)19-10(16)13-7/h1-2H,(H,12,15)(H,13,16). The Balaban J connectivity index is 2.57. The number of benzene rings is 1. The summed E-state index contributed by atoms with van der Waals surface area (Å²) in [4.78, 5) is 37.6. The van der Waals surface area contributed by atoms with Crippen molar-refractivity contribution in [1.29, 1.82) is 0 Å². The highest BCUT2D eigenvalue weighted by Crippen LogP contribution is 2.30. The Morgan fingerprint density at radius 1 is 1.26 bits per heavy atom. The second-order valence-electron chi connectivity index (χ2n) is 3.78. The molecule has 2 N–H and O–H groups in total. The topological polar surface area (TPSA) is 122 Å². The highest BCUT2D eigenvalue weighted by Gasteiger charge is 2.18. The van der Waals surface area contributed by atoms with Crippen molar-refractivity contribution in [1.82, 2.24) is 9.97 Å². The van der Waals surface area contributed by atoms with Gasteiger partial charge in [0.25, 0.3) is 11.2 Å². The van der Waals surface area contributed by atoms with Crippen molar-refractivity contribution in [2.24, 2.45) is 0 Å². The summed E-state index contributed by atoms with van der Waals surface area (Å²) in [5.74, 6) is -0.789. The van der Waals surface area contributed by atoms with E-state index in [9.17, 15) is 19.7 Å². The van der Waals surface area contributed by atoms with Crippen LogP contribution >= 0.6 is 11.6 Å². The number of hydrogen-bond acceptors (Lipinski definition) is 5. The van der Waals surface area contributed by atoms with Gasteiger partial charge in [0.2, 0.25) is 0 Å². The second-order valence-corrected chi connectivity index (χ2v) is 4.19. The number of nitrogens with one attached hydrogen (secondary N) is 2. The van der Waals surface area contributed by atoms with Crippen LogP contribution in [0.15, 0.2) is 26.1 Å². The van der Waals surface area contributed by atoms with Gasteiger partial charge in [0.1, 0.15) is 5.02 Å². The Labute approximate surface area is 107 Å². The summed E-state index contributed by atoms with van der Waals surface area (Å²) in [6.45, 7) is 0. The van der Waals surface area contributed by atoms with E-state index in [1.807, 2.05) is 0 Å². The van der Waals surface area contributed by atoms with Gasteiger partial charge in [-0.15, -0.1) is 0 Å². The van der Waals surface area contributed by atoms with Crippen molar-refractivity contribution >= 4 is 39.3 Å². The van der Waals surface area contributed by atoms with E-state index < -0.39 is 16.2 Å². The number of nitro benzene ring substituents is 1. The van der Waals surface area contributed by atoms with Gasteiger partial charge in [-0.3, -0.25) is 19.9 Å². The summed E-state index contributed by atoms with van der Waals surface area (Å²) in [7, 11) is 0. The normalized spacial score (nSPS) is 11.2. The van der Waals surface area contributed by atoms with Crippen LogP contribution in [0.5, 0.6) is 0 Å². The van der Waals surface area contributed by atoms with Gasteiger partial charge >= 0.3 is 5.76 Å². The first-order chi connectivity index (χ1) is 8.97. The predicted octanol–water partition coefficient (Wildman–Crippen LogP) is 1.52. The zero-order chi connectivity index (χ0) is 13.7. The molecule has 8 nitrogen and oxygen atoms in total. The molecule has 0 bridgehead atoms. The molecule has 0 fully saturated rings. The number of hydrogen-bond donors (Lipinski definition) is 2. The number of H-pyrrole nitrogens is 2. The number of nitrogens with zero attached hydrogens (tertiary/aromatic N) is 1. The minimum Gasteiger partial charge on any atom is -0.407 e. The van der Waals surface area contributed by atoms with Gasteiger partial charge in [0.15, 0.2) is 11.1 Å². The lowest BCUT2D eigenvalue weighted by atomic mass is 10.2. The van der Waals surface area contributed by atoms with Crippen LogP contribution in [0.4, 0.5) is 5.69 Å². The molecule has 2 aromatic heterocycles. The maximum Gasteiger partial charge on any atom is 0.417 e. The quantitative estimate of drug-likeness (QED) is 0.517. The number of pyridine rings is 1. The molecule has 0 saturated heterocycles. The number of halogens is 1. The number of fused-ring (bicyclic) bond motifs is 3. The van der Waals surface area contributed by atoms with Crippen LogP contribution in [0.25, 0.3) is 22.0 Å². The van der Waals surface area contributed by atoms with E-state index in [-0.39, 0.29) is 27.3 Å². The average molecular weight is 282 g/mol. The Morgan fingerprint density at radius 2 is 2.00 bits per heavy atom. The summed E-state index contributed by atoms with van der Waals surface area (Å²) in [5.41, 5.74) is -0.814. The third-order valence-electron chi connectivity index (χ3n) is 2.65. The Morgan fingerprint density at radius 3 is 2.68 bits per heavy atom. The van der Waals surface area contributed by atoms with E-state index in [1.54, 1.807) is 0 Å². The van der Waals surface area contributed by atoms with Crippen molar-refractivity contribution in [3.8, 4) is 0 Å². The van der Waals surface area contributed by atoms with Gasteiger partial charge in [-0.1, -0.05) is 11.6 Å². The Kier molecular flexibility index (Phi) is 2.23.